The molecule has 0 fully saturated rings. The molecule has 32 heavy (non-hydrogen) atoms. The highest BCUT2D eigenvalue weighted by atomic mass is 19.4. The standard InChI is InChI=1S/C19H22F3NO.C4H4O4/c1-14-7-9-15(10-8-14)18(24-12-11-23(2)3)16-5-4-6-17(13-16)19(20,21)22;5-3(6)1-2-4(7)8/h4-10,13,18H,11-12H2,1-3H3;1-2H,(H,5,6)(H,7,8). The summed E-state index contributed by atoms with van der Waals surface area (Å²) in [6.45, 7) is 3.10. The second-order valence-corrected chi connectivity index (χ2v) is 7.10. The number of ether oxygens (including phenoxy) is 1. The van der Waals surface area contributed by atoms with E-state index in [1.165, 1.54) is 12.1 Å². The lowest BCUT2D eigenvalue weighted by Gasteiger charge is -2.21. The number of carboxylic acids is 2. The summed E-state index contributed by atoms with van der Waals surface area (Å²) in [4.78, 5) is 21.1. The Labute approximate surface area is 184 Å². The molecule has 0 aromatic heterocycles. The van der Waals surface area contributed by atoms with Gasteiger partial charge >= 0.3 is 18.1 Å². The van der Waals surface area contributed by atoms with Gasteiger partial charge in [0.2, 0.25) is 0 Å². The first-order valence-electron chi connectivity index (χ1n) is 9.54. The molecule has 0 aliphatic carbocycles. The van der Waals surface area contributed by atoms with Crippen LogP contribution < -0.4 is 0 Å². The number of halogens is 3. The van der Waals surface area contributed by atoms with E-state index in [0.717, 1.165) is 17.2 Å². The minimum atomic E-state index is -4.36. The summed E-state index contributed by atoms with van der Waals surface area (Å²) in [5.41, 5.74) is 1.79. The first-order chi connectivity index (χ1) is 14.9. The molecule has 0 amide bonds. The van der Waals surface area contributed by atoms with Crippen molar-refractivity contribution < 1.29 is 37.7 Å². The minimum absolute atomic E-state index is 0.432. The Morgan fingerprint density at radius 1 is 1.00 bits per heavy atom. The molecule has 2 aromatic carbocycles. The zero-order valence-electron chi connectivity index (χ0n) is 18.0. The average Bonchev–Trinajstić information content (AvgIpc) is 2.70. The smallest absolute Gasteiger partial charge is 0.416 e. The van der Waals surface area contributed by atoms with Crippen molar-refractivity contribution in [3.8, 4) is 0 Å². The molecule has 0 radical (unpaired) electrons. The van der Waals surface area contributed by atoms with Crippen LogP contribution in [0.4, 0.5) is 13.2 Å². The first kappa shape index (κ1) is 26.9. The molecule has 0 heterocycles. The third kappa shape index (κ3) is 10.2. The maximum atomic E-state index is 13.0. The van der Waals surface area contributed by atoms with Crippen LogP contribution in [0.25, 0.3) is 0 Å². The number of hydrogen-bond acceptors (Lipinski definition) is 4. The van der Waals surface area contributed by atoms with Crippen molar-refractivity contribution in [1.29, 1.82) is 0 Å². The molecule has 2 rings (SSSR count). The van der Waals surface area contributed by atoms with E-state index < -0.39 is 29.8 Å². The number of nitrogens with zero attached hydrogens (tertiary/aromatic N) is 1. The van der Waals surface area contributed by atoms with Crippen molar-refractivity contribution in [3.05, 3.63) is 82.9 Å². The SMILES string of the molecule is Cc1ccc(C(OCCN(C)C)c2cccc(C(F)(F)F)c2)cc1.O=C(O)C=CC(=O)O. The molecule has 0 aliphatic heterocycles. The van der Waals surface area contributed by atoms with Gasteiger partial charge in [-0.25, -0.2) is 9.59 Å². The van der Waals surface area contributed by atoms with E-state index in [1.807, 2.05) is 50.2 Å². The van der Waals surface area contributed by atoms with Crippen molar-refractivity contribution >= 4 is 11.9 Å². The number of rotatable bonds is 8. The normalized spacial score (nSPS) is 12.3. The molecular weight excluding hydrogens is 427 g/mol. The van der Waals surface area contributed by atoms with E-state index in [-0.39, 0.29) is 0 Å². The van der Waals surface area contributed by atoms with Crippen LogP contribution in [0.2, 0.25) is 0 Å². The lowest BCUT2D eigenvalue weighted by molar-refractivity contribution is -0.137. The highest BCUT2D eigenvalue weighted by Gasteiger charge is 2.31. The van der Waals surface area contributed by atoms with E-state index >= 15 is 0 Å². The summed E-state index contributed by atoms with van der Waals surface area (Å²) in [5, 5.41) is 15.6. The number of carbonyl (C=O) groups is 2. The molecule has 2 N–H and O–H groups in total. The van der Waals surface area contributed by atoms with Crippen molar-refractivity contribution in [2.24, 2.45) is 0 Å². The first-order valence-corrected chi connectivity index (χ1v) is 9.54. The third-order valence-corrected chi connectivity index (χ3v) is 4.09. The number of alkyl halides is 3. The fourth-order valence-corrected chi connectivity index (χ4v) is 2.50. The number of carboxylic acid groups (broad SMARTS) is 2. The van der Waals surface area contributed by atoms with Gasteiger partial charge in [-0.2, -0.15) is 13.2 Å². The third-order valence-electron chi connectivity index (χ3n) is 4.09. The fourth-order valence-electron chi connectivity index (χ4n) is 2.50. The monoisotopic (exact) mass is 453 g/mol. The van der Waals surface area contributed by atoms with Crippen molar-refractivity contribution in [1.82, 2.24) is 4.90 Å². The molecule has 2 aromatic rings. The summed E-state index contributed by atoms with van der Waals surface area (Å²) in [6.07, 6.45) is -3.77. The van der Waals surface area contributed by atoms with E-state index in [4.69, 9.17) is 14.9 Å². The van der Waals surface area contributed by atoms with Gasteiger partial charge in [-0.05, 0) is 44.3 Å². The maximum absolute atomic E-state index is 13.0. The number of likely N-dealkylation sites (N-methyl/N-ethyl adjacent to an activating group) is 1. The number of aryl methyl sites for hydroxylation is 1. The van der Waals surface area contributed by atoms with Crippen LogP contribution in [0.1, 0.15) is 28.4 Å². The summed E-state index contributed by atoms with van der Waals surface area (Å²) in [5.74, 6) is -2.51. The van der Waals surface area contributed by atoms with E-state index in [1.54, 1.807) is 6.07 Å². The van der Waals surface area contributed by atoms with Gasteiger partial charge in [-0.15, -0.1) is 0 Å². The van der Waals surface area contributed by atoms with Gasteiger partial charge in [-0.3, -0.25) is 0 Å². The van der Waals surface area contributed by atoms with Crippen molar-refractivity contribution in [2.45, 2.75) is 19.2 Å². The maximum Gasteiger partial charge on any atom is 0.416 e. The van der Waals surface area contributed by atoms with Crippen molar-refractivity contribution in [2.75, 3.05) is 27.2 Å². The van der Waals surface area contributed by atoms with E-state index in [2.05, 4.69) is 0 Å². The Hall–Kier alpha value is -3.17. The van der Waals surface area contributed by atoms with Gasteiger partial charge in [0.15, 0.2) is 0 Å². The van der Waals surface area contributed by atoms with Gasteiger partial charge in [0.05, 0.1) is 12.2 Å². The zero-order valence-corrected chi connectivity index (χ0v) is 18.0. The van der Waals surface area contributed by atoms with Crippen LogP contribution in [-0.4, -0.2) is 54.3 Å². The molecule has 0 saturated carbocycles. The predicted octanol–water partition coefficient (Wildman–Crippen LogP) is 4.39. The molecular formula is C23H26F3NO5. The van der Waals surface area contributed by atoms with Crippen molar-refractivity contribution in [3.63, 3.8) is 0 Å². The Morgan fingerprint density at radius 2 is 1.56 bits per heavy atom. The second kappa shape index (κ2) is 12.6. The quantitative estimate of drug-likeness (QED) is 0.577. The van der Waals surface area contributed by atoms with Gasteiger partial charge in [0, 0.05) is 18.7 Å². The Bertz CT molecular complexity index is 893. The van der Waals surface area contributed by atoms with Crippen LogP contribution in [0.15, 0.2) is 60.7 Å². The van der Waals surface area contributed by atoms with E-state index in [0.29, 0.717) is 30.9 Å². The van der Waals surface area contributed by atoms with Crippen LogP contribution in [-0.2, 0) is 20.5 Å². The largest absolute Gasteiger partial charge is 0.478 e. The van der Waals surface area contributed by atoms with Crippen LogP contribution in [0.5, 0.6) is 0 Å². The number of benzene rings is 2. The lowest BCUT2D eigenvalue weighted by Crippen LogP contribution is -2.20. The molecule has 0 bridgehead atoms. The molecule has 1 unspecified atom stereocenters. The lowest BCUT2D eigenvalue weighted by atomic mass is 9.98. The number of hydrogen-bond donors (Lipinski definition) is 2. The highest BCUT2D eigenvalue weighted by molar-refractivity contribution is 5.89. The number of aliphatic carboxylic acids is 2. The van der Waals surface area contributed by atoms with Crippen LogP contribution in [0, 0.1) is 6.92 Å². The van der Waals surface area contributed by atoms with Crippen LogP contribution >= 0.6 is 0 Å². The summed E-state index contributed by atoms with van der Waals surface area (Å²) < 4.78 is 44.9. The zero-order chi connectivity index (χ0) is 24.3. The average molecular weight is 453 g/mol. The second-order valence-electron chi connectivity index (χ2n) is 7.10. The molecule has 0 aliphatic rings. The molecule has 174 valence electrons. The summed E-state index contributed by atoms with van der Waals surface area (Å²) in [6, 6.07) is 13.0. The summed E-state index contributed by atoms with van der Waals surface area (Å²) >= 11 is 0. The van der Waals surface area contributed by atoms with E-state index in [9.17, 15) is 22.8 Å². The molecule has 9 heteroatoms. The van der Waals surface area contributed by atoms with Crippen LogP contribution in [0.3, 0.4) is 0 Å². The molecule has 0 spiro atoms. The topological polar surface area (TPSA) is 87.1 Å². The molecule has 6 nitrogen and oxygen atoms in total. The molecule has 1 atom stereocenters. The van der Waals surface area contributed by atoms with Gasteiger partial charge in [-0.1, -0.05) is 42.0 Å². The highest BCUT2D eigenvalue weighted by Crippen LogP contribution is 2.33. The summed E-state index contributed by atoms with van der Waals surface area (Å²) in [7, 11) is 3.85. The fraction of sp³-hybridized carbons (Fsp3) is 0.304. The van der Waals surface area contributed by atoms with Gasteiger partial charge in [0.1, 0.15) is 6.10 Å². The Kier molecular flexibility index (Phi) is 10.6. The van der Waals surface area contributed by atoms with Gasteiger partial charge in [0.25, 0.3) is 0 Å². The van der Waals surface area contributed by atoms with Gasteiger partial charge < -0.3 is 19.8 Å². The minimum Gasteiger partial charge on any atom is -0.478 e. The predicted molar refractivity (Wildman–Crippen MR) is 113 cm³/mol. The Morgan fingerprint density at radius 3 is 2.03 bits per heavy atom. The Balaban J connectivity index is 0.000000547. The molecule has 0 saturated heterocycles.